The predicted molar refractivity (Wildman–Crippen MR) is 103 cm³/mol. The Bertz CT molecular complexity index is 949. The Morgan fingerprint density at radius 2 is 1.77 bits per heavy atom. The summed E-state index contributed by atoms with van der Waals surface area (Å²) in [4.78, 5) is 26.8. The third-order valence-electron chi connectivity index (χ3n) is 4.06. The molecule has 0 fully saturated rings. The second-order valence-corrected chi connectivity index (χ2v) is 6.47. The van der Waals surface area contributed by atoms with Crippen molar-refractivity contribution in [2.45, 2.75) is 6.92 Å². The van der Waals surface area contributed by atoms with E-state index in [9.17, 15) is 9.59 Å². The summed E-state index contributed by atoms with van der Waals surface area (Å²) in [6.45, 7) is 1.69. The zero-order valence-corrected chi connectivity index (χ0v) is 15.6. The molecule has 2 aromatic carbocycles. The fourth-order valence-corrected chi connectivity index (χ4v) is 3.12. The summed E-state index contributed by atoms with van der Waals surface area (Å²) in [7, 11) is 1.29. The first-order valence-electron chi connectivity index (χ1n) is 7.80. The molecule has 0 bridgehead atoms. The van der Waals surface area contributed by atoms with Gasteiger partial charge in [-0.25, -0.2) is 4.79 Å². The molecule has 1 aliphatic heterocycles. The molecule has 6 heteroatoms. The van der Waals surface area contributed by atoms with Gasteiger partial charge in [-0.1, -0.05) is 53.5 Å². The van der Waals surface area contributed by atoms with E-state index in [4.69, 9.17) is 27.9 Å². The second-order valence-electron chi connectivity index (χ2n) is 5.66. The van der Waals surface area contributed by atoms with E-state index in [1.165, 1.54) is 12.0 Å². The van der Waals surface area contributed by atoms with Crippen LogP contribution >= 0.6 is 23.2 Å². The lowest BCUT2D eigenvalue weighted by Crippen LogP contribution is -2.24. The van der Waals surface area contributed by atoms with Crippen molar-refractivity contribution in [1.82, 2.24) is 0 Å². The van der Waals surface area contributed by atoms with Crippen LogP contribution in [-0.2, 0) is 14.3 Å². The lowest BCUT2D eigenvalue weighted by Gasteiger charge is -2.18. The third-order valence-corrected chi connectivity index (χ3v) is 4.80. The van der Waals surface area contributed by atoms with Crippen molar-refractivity contribution in [1.29, 1.82) is 0 Å². The highest BCUT2D eigenvalue weighted by Gasteiger charge is 2.38. The van der Waals surface area contributed by atoms with Gasteiger partial charge >= 0.3 is 5.97 Å². The van der Waals surface area contributed by atoms with Crippen LogP contribution < -0.4 is 4.90 Å². The van der Waals surface area contributed by atoms with E-state index in [0.29, 0.717) is 21.4 Å². The monoisotopic (exact) mass is 387 g/mol. The Hall–Kier alpha value is -2.56. The molecule has 0 spiro atoms. The standard InChI is InChI=1S/C20H15Cl2NO3/c1-12-18(20(25)26-2)15(10-13-6-4-3-5-7-13)19(24)23(12)14-8-9-16(21)17(22)11-14/h3-11H,1-2H3/b15-10-. The summed E-state index contributed by atoms with van der Waals surface area (Å²) in [6.07, 6.45) is 1.68. The Morgan fingerprint density at radius 1 is 1.08 bits per heavy atom. The van der Waals surface area contributed by atoms with Crippen LogP contribution in [0.15, 0.2) is 65.4 Å². The van der Waals surface area contributed by atoms with Gasteiger partial charge in [0.1, 0.15) is 0 Å². The highest BCUT2D eigenvalue weighted by atomic mass is 35.5. The van der Waals surface area contributed by atoms with Crippen molar-refractivity contribution in [2.75, 3.05) is 12.0 Å². The highest BCUT2D eigenvalue weighted by molar-refractivity contribution is 6.42. The molecule has 0 atom stereocenters. The number of benzene rings is 2. The van der Waals surface area contributed by atoms with E-state index in [-0.39, 0.29) is 17.1 Å². The van der Waals surface area contributed by atoms with E-state index in [1.54, 1.807) is 31.2 Å². The van der Waals surface area contributed by atoms with E-state index in [2.05, 4.69) is 0 Å². The van der Waals surface area contributed by atoms with Gasteiger partial charge in [0, 0.05) is 5.70 Å². The molecule has 1 heterocycles. The summed E-state index contributed by atoms with van der Waals surface area (Å²) >= 11 is 12.1. The number of esters is 1. The van der Waals surface area contributed by atoms with Crippen LogP contribution in [0.3, 0.4) is 0 Å². The van der Waals surface area contributed by atoms with Crippen LogP contribution in [-0.4, -0.2) is 19.0 Å². The number of carbonyl (C=O) groups excluding carboxylic acids is 2. The fraction of sp³-hybridized carbons (Fsp3) is 0.100. The first-order valence-corrected chi connectivity index (χ1v) is 8.55. The number of halogens is 2. The molecule has 0 N–H and O–H groups in total. The van der Waals surface area contributed by atoms with Gasteiger partial charge in [0.2, 0.25) is 0 Å². The Kier molecular flexibility index (Phi) is 5.16. The van der Waals surface area contributed by atoms with Gasteiger partial charge in [-0.05, 0) is 36.8 Å². The maximum absolute atomic E-state index is 13.1. The van der Waals surface area contributed by atoms with E-state index < -0.39 is 5.97 Å². The van der Waals surface area contributed by atoms with Crippen molar-refractivity contribution in [3.05, 3.63) is 81.0 Å². The quantitative estimate of drug-likeness (QED) is 0.557. The van der Waals surface area contributed by atoms with Crippen molar-refractivity contribution < 1.29 is 14.3 Å². The molecule has 26 heavy (non-hydrogen) atoms. The summed E-state index contributed by atoms with van der Waals surface area (Å²) in [5.41, 5.74) is 2.31. The topological polar surface area (TPSA) is 46.6 Å². The van der Waals surface area contributed by atoms with Gasteiger partial charge in [-0.15, -0.1) is 0 Å². The molecule has 1 amide bonds. The maximum atomic E-state index is 13.1. The van der Waals surface area contributed by atoms with Gasteiger partial charge < -0.3 is 4.74 Å². The smallest absolute Gasteiger partial charge is 0.340 e. The van der Waals surface area contributed by atoms with Crippen LogP contribution in [0, 0.1) is 0 Å². The highest BCUT2D eigenvalue weighted by Crippen LogP contribution is 2.37. The number of hydrogen-bond acceptors (Lipinski definition) is 3. The van der Waals surface area contributed by atoms with Crippen molar-refractivity contribution in [3.63, 3.8) is 0 Å². The summed E-state index contributed by atoms with van der Waals surface area (Å²) in [5.74, 6) is -0.897. The molecular weight excluding hydrogens is 373 g/mol. The average Bonchev–Trinajstić information content (AvgIpc) is 2.88. The Balaban J connectivity index is 2.15. The molecule has 0 saturated heterocycles. The van der Waals surface area contributed by atoms with E-state index in [0.717, 1.165) is 5.56 Å². The lowest BCUT2D eigenvalue weighted by molar-refractivity contribution is -0.136. The third kappa shape index (κ3) is 3.26. The minimum Gasteiger partial charge on any atom is -0.465 e. The molecule has 0 saturated carbocycles. The van der Waals surface area contributed by atoms with Gasteiger partial charge in [-0.3, -0.25) is 9.69 Å². The molecular formula is C20H15Cl2NO3. The zero-order chi connectivity index (χ0) is 18.8. The molecule has 0 radical (unpaired) electrons. The van der Waals surface area contributed by atoms with Gasteiger partial charge in [0.05, 0.1) is 34.0 Å². The number of carbonyl (C=O) groups is 2. The minimum atomic E-state index is -0.569. The van der Waals surface area contributed by atoms with Crippen molar-refractivity contribution in [2.24, 2.45) is 0 Å². The Morgan fingerprint density at radius 3 is 2.38 bits per heavy atom. The number of amides is 1. The molecule has 0 aliphatic carbocycles. The number of methoxy groups -OCH3 is 1. The van der Waals surface area contributed by atoms with Crippen molar-refractivity contribution >= 4 is 46.8 Å². The normalized spacial score (nSPS) is 15.8. The second kappa shape index (κ2) is 7.36. The molecule has 0 unspecified atom stereocenters. The summed E-state index contributed by atoms with van der Waals surface area (Å²) < 4.78 is 4.88. The Labute approximate surface area is 161 Å². The first-order chi connectivity index (χ1) is 12.4. The van der Waals surface area contributed by atoms with Crippen LogP contribution in [0.2, 0.25) is 10.0 Å². The van der Waals surface area contributed by atoms with Crippen LogP contribution in [0.4, 0.5) is 5.69 Å². The largest absolute Gasteiger partial charge is 0.465 e. The van der Waals surface area contributed by atoms with Crippen LogP contribution in [0.5, 0.6) is 0 Å². The summed E-state index contributed by atoms with van der Waals surface area (Å²) in [5, 5.41) is 0.710. The number of allylic oxidation sites excluding steroid dienone is 1. The van der Waals surface area contributed by atoms with Crippen molar-refractivity contribution in [3.8, 4) is 0 Å². The first kappa shape index (κ1) is 18.2. The minimum absolute atomic E-state index is 0.229. The van der Waals surface area contributed by atoms with Crippen LogP contribution in [0.25, 0.3) is 6.08 Å². The number of hydrogen-bond donors (Lipinski definition) is 0. The van der Waals surface area contributed by atoms with E-state index in [1.807, 2.05) is 30.3 Å². The summed E-state index contributed by atoms with van der Waals surface area (Å²) in [6, 6.07) is 14.2. The van der Waals surface area contributed by atoms with Crippen LogP contribution in [0.1, 0.15) is 12.5 Å². The van der Waals surface area contributed by atoms with Gasteiger partial charge in [0.25, 0.3) is 5.91 Å². The zero-order valence-electron chi connectivity index (χ0n) is 14.1. The van der Waals surface area contributed by atoms with E-state index >= 15 is 0 Å². The number of nitrogens with zero attached hydrogens (tertiary/aromatic N) is 1. The molecule has 4 nitrogen and oxygen atoms in total. The SMILES string of the molecule is COC(=O)C1=C(C)N(c2ccc(Cl)c(Cl)c2)C(=O)/C1=C\c1ccccc1. The number of rotatable bonds is 3. The number of ether oxygens (including phenoxy) is 1. The predicted octanol–water partition coefficient (Wildman–Crippen LogP) is 4.87. The molecule has 3 rings (SSSR count). The molecule has 2 aromatic rings. The molecule has 0 aromatic heterocycles. The average molecular weight is 388 g/mol. The van der Waals surface area contributed by atoms with Gasteiger partial charge in [0.15, 0.2) is 0 Å². The lowest BCUT2D eigenvalue weighted by atomic mass is 10.0. The molecule has 1 aliphatic rings. The van der Waals surface area contributed by atoms with Gasteiger partial charge in [-0.2, -0.15) is 0 Å². The molecule has 132 valence electrons. The number of anilines is 1. The fourth-order valence-electron chi connectivity index (χ4n) is 2.83. The maximum Gasteiger partial charge on any atom is 0.340 e.